The number of aliphatic hydroxyl groups is 1. The predicted molar refractivity (Wildman–Crippen MR) is 52.8 cm³/mol. The maximum atomic E-state index is 9.55. The summed E-state index contributed by atoms with van der Waals surface area (Å²) in [5, 5.41) is 9.55. The number of benzene rings is 1. The second-order valence-electron chi connectivity index (χ2n) is 3.58. The van der Waals surface area contributed by atoms with Crippen LogP contribution >= 0.6 is 0 Å². The molecule has 1 atom stereocenters. The van der Waals surface area contributed by atoms with Gasteiger partial charge >= 0.3 is 0 Å². The first-order valence-corrected chi connectivity index (χ1v) is 4.45. The molecule has 0 aromatic heterocycles. The molecule has 0 fully saturated rings. The lowest BCUT2D eigenvalue weighted by Crippen LogP contribution is -2.35. The summed E-state index contributed by atoms with van der Waals surface area (Å²) in [6.07, 6.45) is 0.383. The molecule has 2 rings (SSSR count). The van der Waals surface area contributed by atoms with Gasteiger partial charge in [0.15, 0.2) is 0 Å². The minimum Gasteiger partial charge on any atom is -0.391 e. The molecule has 0 amide bonds. The largest absolute Gasteiger partial charge is 0.391 e. The fourth-order valence-corrected chi connectivity index (χ4v) is 1.89. The summed E-state index contributed by atoms with van der Waals surface area (Å²) < 4.78 is 0. The number of aliphatic hydroxyl groups excluding tert-OH is 1. The van der Waals surface area contributed by atoms with Crippen LogP contribution in [0.5, 0.6) is 0 Å². The van der Waals surface area contributed by atoms with Crippen molar-refractivity contribution >= 4 is 5.69 Å². The van der Waals surface area contributed by atoms with Crippen molar-refractivity contribution in [1.82, 2.24) is 0 Å². The van der Waals surface area contributed by atoms with Crippen molar-refractivity contribution in [2.45, 2.75) is 12.5 Å². The van der Waals surface area contributed by atoms with E-state index in [4.69, 9.17) is 6.92 Å². The lowest BCUT2D eigenvalue weighted by atomic mass is 9.96. The zero-order valence-electron chi connectivity index (χ0n) is 7.70. The van der Waals surface area contributed by atoms with E-state index < -0.39 is 0 Å². The number of β-amino-alcohol motifs (C(OH)–C–C–N with tert-alkyl or cyclic N) is 1. The molecule has 0 bridgehead atoms. The Morgan fingerprint density at radius 2 is 2.31 bits per heavy atom. The van der Waals surface area contributed by atoms with Gasteiger partial charge in [0.25, 0.3) is 0 Å². The minimum atomic E-state index is -0.290. The number of hydrogen-bond acceptors (Lipinski definition) is 2. The first kappa shape index (κ1) is 8.57. The Labute approximate surface area is 78.8 Å². The van der Waals surface area contributed by atoms with Gasteiger partial charge in [-0.3, -0.25) is 0 Å². The number of rotatable bonds is 0. The summed E-state index contributed by atoms with van der Waals surface area (Å²) in [6, 6.07) is 5.87. The molecule has 1 N–H and O–H groups in total. The predicted octanol–water partition coefficient (Wildman–Crippen LogP) is 1.10. The Morgan fingerprint density at radius 3 is 3.08 bits per heavy atom. The topological polar surface area (TPSA) is 23.5 Å². The van der Waals surface area contributed by atoms with Gasteiger partial charge in [-0.15, -0.1) is 0 Å². The molecule has 2 nitrogen and oxygen atoms in total. The minimum absolute atomic E-state index is 0.290. The Bertz CT molecular complexity index is 322. The van der Waals surface area contributed by atoms with Crippen LogP contribution in [0.1, 0.15) is 11.1 Å². The molecule has 0 saturated heterocycles. The van der Waals surface area contributed by atoms with Crippen molar-refractivity contribution in [2.75, 3.05) is 18.5 Å². The average molecular weight is 175 g/mol. The van der Waals surface area contributed by atoms with Crippen LogP contribution in [0.2, 0.25) is 0 Å². The van der Waals surface area contributed by atoms with Crippen LogP contribution in [0.15, 0.2) is 18.2 Å². The van der Waals surface area contributed by atoms with Gasteiger partial charge < -0.3 is 10.0 Å². The molecule has 1 aromatic rings. The van der Waals surface area contributed by atoms with Crippen LogP contribution in [0.3, 0.4) is 0 Å². The van der Waals surface area contributed by atoms with Crippen LogP contribution < -0.4 is 4.90 Å². The highest BCUT2D eigenvalue weighted by molar-refractivity contribution is 5.59. The molecule has 2 heteroatoms. The second-order valence-corrected chi connectivity index (χ2v) is 3.58. The van der Waals surface area contributed by atoms with Crippen molar-refractivity contribution in [1.29, 1.82) is 0 Å². The zero-order chi connectivity index (χ0) is 9.42. The van der Waals surface area contributed by atoms with E-state index in [-0.39, 0.29) is 6.10 Å². The van der Waals surface area contributed by atoms with Gasteiger partial charge in [0.05, 0.1) is 6.10 Å². The number of hydrogen-bond donors (Lipinski definition) is 1. The van der Waals surface area contributed by atoms with Crippen molar-refractivity contribution in [3.05, 3.63) is 36.2 Å². The summed E-state index contributed by atoms with van der Waals surface area (Å²) in [7, 11) is 1.97. The van der Waals surface area contributed by atoms with Gasteiger partial charge in [-0.05, 0) is 24.1 Å². The number of anilines is 1. The summed E-state index contributed by atoms with van der Waals surface area (Å²) in [5.74, 6) is 0. The van der Waals surface area contributed by atoms with E-state index >= 15 is 0 Å². The molecular weight excluding hydrogens is 162 g/mol. The molecule has 13 heavy (non-hydrogen) atoms. The van der Waals surface area contributed by atoms with Crippen LogP contribution in [0.25, 0.3) is 0 Å². The molecule has 0 spiro atoms. The van der Waals surface area contributed by atoms with E-state index in [1.54, 1.807) is 0 Å². The summed E-state index contributed by atoms with van der Waals surface area (Å²) in [4.78, 5) is 2.04. The van der Waals surface area contributed by atoms with E-state index in [0.29, 0.717) is 13.0 Å². The highest BCUT2D eigenvalue weighted by atomic mass is 16.3. The molecule has 68 valence electrons. The fraction of sp³-hybridized carbons (Fsp3) is 0.364. The Morgan fingerprint density at radius 1 is 1.54 bits per heavy atom. The van der Waals surface area contributed by atoms with Gasteiger partial charge in [-0.25, -0.2) is 0 Å². The molecule has 0 saturated carbocycles. The van der Waals surface area contributed by atoms with E-state index in [1.807, 2.05) is 30.1 Å². The lowest BCUT2D eigenvalue weighted by molar-refractivity contribution is 0.177. The molecule has 2 radical (unpaired) electrons. The van der Waals surface area contributed by atoms with Crippen LogP contribution in [-0.2, 0) is 6.42 Å². The average Bonchev–Trinajstić information content (AvgIpc) is 2.07. The fourth-order valence-electron chi connectivity index (χ4n) is 1.89. The van der Waals surface area contributed by atoms with E-state index in [0.717, 1.165) is 16.8 Å². The zero-order valence-corrected chi connectivity index (χ0v) is 7.70. The summed E-state index contributed by atoms with van der Waals surface area (Å²) in [5.41, 5.74) is 3.00. The van der Waals surface area contributed by atoms with Gasteiger partial charge in [0.1, 0.15) is 0 Å². The summed E-state index contributed by atoms with van der Waals surface area (Å²) in [6.45, 7) is 6.52. The van der Waals surface area contributed by atoms with E-state index in [9.17, 15) is 5.11 Å². The Kier molecular flexibility index (Phi) is 2.00. The number of nitrogens with zero attached hydrogens (tertiary/aromatic N) is 1. The van der Waals surface area contributed by atoms with Gasteiger partial charge in [0, 0.05) is 25.7 Å². The van der Waals surface area contributed by atoms with E-state index in [2.05, 4.69) is 0 Å². The monoisotopic (exact) mass is 175 g/mol. The highest BCUT2D eigenvalue weighted by Gasteiger charge is 2.20. The SMILES string of the molecule is [CH]c1cccc2c1CC(O)CN2C. The third-order valence-electron chi connectivity index (χ3n) is 2.52. The number of fused-ring (bicyclic) bond motifs is 1. The second kappa shape index (κ2) is 3.04. The maximum Gasteiger partial charge on any atom is 0.0756 e. The first-order chi connectivity index (χ1) is 6.18. The van der Waals surface area contributed by atoms with Crippen LogP contribution in [-0.4, -0.2) is 24.8 Å². The number of likely N-dealkylation sites (N-methyl/N-ethyl adjacent to an activating group) is 1. The standard InChI is InChI=1S/C11H13NO/c1-8-4-3-5-11-10(8)6-9(13)7-12(11)2/h1,3-5,9,13H,6-7H2,2H3. The molecular formula is C11H13NO. The van der Waals surface area contributed by atoms with Crippen LogP contribution in [0, 0.1) is 6.92 Å². The Balaban J connectivity index is 2.49. The molecule has 1 unspecified atom stereocenters. The molecule has 0 aliphatic carbocycles. The quantitative estimate of drug-likeness (QED) is 0.638. The third kappa shape index (κ3) is 1.42. The van der Waals surface area contributed by atoms with Crippen molar-refractivity contribution in [3.8, 4) is 0 Å². The van der Waals surface area contributed by atoms with Crippen molar-refractivity contribution in [2.24, 2.45) is 0 Å². The highest BCUT2D eigenvalue weighted by Crippen LogP contribution is 2.28. The third-order valence-corrected chi connectivity index (χ3v) is 2.52. The van der Waals surface area contributed by atoms with Gasteiger partial charge in [-0.2, -0.15) is 0 Å². The van der Waals surface area contributed by atoms with Crippen molar-refractivity contribution in [3.63, 3.8) is 0 Å². The molecule has 1 aliphatic rings. The van der Waals surface area contributed by atoms with Crippen LogP contribution in [0.4, 0.5) is 5.69 Å². The Hall–Kier alpha value is -1.02. The van der Waals surface area contributed by atoms with Gasteiger partial charge in [0.2, 0.25) is 0 Å². The molecule has 1 aromatic carbocycles. The van der Waals surface area contributed by atoms with Gasteiger partial charge in [-0.1, -0.05) is 12.1 Å². The normalized spacial score (nSPS) is 21.5. The smallest absolute Gasteiger partial charge is 0.0756 e. The molecule has 1 aliphatic heterocycles. The van der Waals surface area contributed by atoms with E-state index in [1.165, 1.54) is 0 Å². The molecule has 1 heterocycles. The maximum absolute atomic E-state index is 9.55. The first-order valence-electron chi connectivity index (χ1n) is 4.45. The van der Waals surface area contributed by atoms with Crippen molar-refractivity contribution < 1.29 is 5.11 Å². The lowest BCUT2D eigenvalue weighted by Gasteiger charge is -2.31. The summed E-state index contributed by atoms with van der Waals surface area (Å²) >= 11 is 0.